The molecule has 0 radical (unpaired) electrons. The molecule has 5 rings (SSSR count). The molecule has 1 saturated heterocycles. The summed E-state index contributed by atoms with van der Waals surface area (Å²) in [6.45, 7) is 2.65. The van der Waals surface area contributed by atoms with Crippen LogP contribution in [0.25, 0.3) is 11.2 Å². The number of likely N-dealkylation sites (tertiary alicyclic amines) is 1. The fraction of sp³-hybridized carbons (Fsp3) is 0.308. The van der Waals surface area contributed by atoms with Crippen molar-refractivity contribution in [1.82, 2.24) is 24.4 Å². The van der Waals surface area contributed by atoms with Gasteiger partial charge in [-0.3, -0.25) is 4.79 Å². The maximum absolute atomic E-state index is 14.3. The summed E-state index contributed by atoms with van der Waals surface area (Å²) in [5.41, 5.74) is -0.601. The van der Waals surface area contributed by atoms with Gasteiger partial charge in [0.05, 0.1) is 11.9 Å². The van der Waals surface area contributed by atoms with Crippen molar-refractivity contribution < 1.29 is 27.4 Å². The van der Waals surface area contributed by atoms with Gasteiger partial charge in [0.15, 0.2) is 11.4 Å². The van der Waals surface area contributed by atoms with Crippen LogP contribution < -0.4 is 20.1 Å². The highest BCUT2D eigenvalue weighted by Crippen LogP contribution is 2.43. The van der Waals surface area contributed by atoms with Gasteiger partial charge in [0.1, 0.15) is 39.5 Å². The lowest BCUT2D eigenvalue weighted by molar-refractivity contribution is -0.138. The molecule has 14 heteroatoms. The summed E-state index contributed by atoms with van der Waals surface area (Å²) in [6, 6.07) is 7.21. The van der Waals surface area contributed by atoms with Crippen molar-refractivity contribution in [2.24, 2.45) is 7.05 Å². The predicted octanol–water partition coefficient (Wildman–Crippen LogP) is 5.61. The van der Waals surface area contributed by atoms with Gasteiger partial charge in [0, 0.05) is 39.3 Å². The quantitative estimate of drug-likeness (QED) is 0.293. The Morgan fingerprint density at radius 3 is 2.67 bits per heavy atom. The van der Waals surface area contributed by atoms with E-state index in [0.29, 0.717) is 24.2 Å². The number of pyridine rings is 2. The van der Waals surface area contributed by atoms with E-state index in [9.17, 15) is 18.0 Å². The maximum Gasteiger partial charge on any atom is 0.421 e. The molecule has 4 aromatic rings. The second-order valence-electron chi connectivity index (χ2n) is 9.36. The SMILES string of the molecule is CC(=O)Nc1cc(Oc2cnc3nc(Nc4cccc(OC5CCN(C)C5)c4C(F)(F)F)n(C)c3c2Cl)ccn1. The third kappa shape index (κ3) is 5.75. The minimum atomic E-state index is -4.69. The van der Waals surface area contributed by atoms with E-state index in [2.05, 4.69) is 25.6 Å². The van der Waals surface area contributed by atoms with Crippen molar-refractivity contribution in [3.63, 3.8) is 0 Å². The van der Waals surface area contributed by atoms with Gasteiger partial charge in [-0.15, -0.1) is 0 Å². The van der Waals surface area contributed by atoms with Gasteiger partial charge in [-0.25, -0.2) is 9.97 Å². The number of fused-ring (bicyclic) bond motifs is 1. The summed E-state index contributed by atoms with van der Waals surface area (Å²) in [5, 5.41) is 5.49. The van der Waals surface area contributed by atoms with Crippen LogP contribution in [0.5, 0.6) is 17.2 Å². The van der Waals surface area contributed by atoms with Crippen LogP contribution in [0.15, 0.2) is 42.7 Å². The molecule has 1 aromatic carbocycles. The third-order valence-corrected chi connectivity index (χ3v) is 6.63. The molecule has 1 fully saturated rings. The first-order valence-electron chi connectivity index (χ1n) is 12.2. The van der Waals surface area contributed by atoms with Gasteiger partial charge >= 0.3 is 6.18 Å². The Morgan fingerprint density at radius 2 is 1.98 bits per heavy atom. The number of amides is 1. The minimum absolute atomic E-state index is 0.0849. The molecule has 3 aromatic heterocycles. The molecule has 1 aliphatic rings. The topological polar surface area (TPSA) is 106 Å². The number of ether oxygens (including phenoxy) is 2. The van der Waals surface area contributed by atoms with Crippen molar-refractivity contribution in [3.05, 3.63) is 53.3 Å². The lowest BCUT2D eigenvalue weighted by Gasteiger charge is -2.21. The number of benzene rings is 1. The van der Waals surface area contributed by atoms with Gasteiger partial charge in [-0.05, 0) is 31.7 Å². The number of likely N-dealkylation sites (N-methyl/N-ethyl adjacent to an activating group) is 1. The summed E-state index contributed by atoms with van der Waals surface area (Å²) < 4.78 is 55.9. The van der Waals surface area contributed by atoms with Gasteiger partial charge < -0.3 is 29.6 Å². The Bertz CT molecular complexity index is 1580. The number of hydrogen-bond donors (Lipinski definition) is 2. The molecule has 1 unspecified atom stereocenters. The lowest BCUT2D eigenvalue weighted by atomic mass is 10.1. The molecule has 40 heavy (non-hydrogen) atoms. The van der Waals surface area contributed by atoms with E-state index in [-0.39, 0.29) is 51.6 Å². The number of carbonyl (C=O) groups is 1. The Hall–Kier alpha value is -4.10. The van der Waals surface area contributed by atoms with Crippen molar-refractivity contribution in [2.75, 3.05) is 30.8 Å². The van der Waals surface area contributed by atoms with E-state index in [1.807, 2.05) is 11.9 Å². The number of halogens is 4. The minimum Gasteiger partial charge on any atom is -0.488 e. The number of alkyl halides is 3. The normalized spacial score (nSPS) is 15.8. The number of carbonyl (C=O) groups excluding carboxylic acids is 1. The molecule has 0 spiro atoms. The second-order valence-corrected chi connectivity index (χ2v) is 9.73. The molecule has 0 aliphatic carbocycles. The largest absolute Gasteiger partial charge is 0.488 e. The number of imidazole rings is 1. The van der Waals surface area contributed by atoms with Gasteiger partial charge in [-0.2, -0.15) is 18.2 Å². The summed E-state index contributed by atoms with van der Waals surface area (Å²) in [6.07, 6.45) is -1.58. The number of nitrogens with zero attached hydrogens (tertiary/aromatic N) is 5. The van der Waals surface area contributed by atoms with Crippen molar-refractivity contribution >= 4 is 46.1 Å². The van der Waals surface area contributed by atoms with Crippen LogP contribution in [0, 0.1) is 0 Å². The van der Waals surface area contributed by atoms with E-state index in [1.54, 1.807) is 13.1 Å². The zero-order valence-electron chi connectivity index (χ0n) is 21.7. The first-order chi connectivity index (χ1) is 19.0. The Kier molecular flexibility index (Phi) is 7.43. The third-order valence-electron chi connectivity index (χ3n) is 6.27. The van der Waals surface area contributed by atoms with Crippen LogP contribution >= 0.6 is 11.6 Å². The van der Waals surface area contributed by atoms with Gasteiger partial charge in [0.2, 0.25) is 11.9 Å². The van der Waals surface area contributed by atoms with Crippen LogP contribution in [0.1, 0.15) is 18.9 Å². The molecule has 1 atom stereocenters. The first-order valence-corrected chi connectivity index (χ1v) is 12.6. The van der Waals surface area contributed by atoms with Crippen molar-refractivity contribution in [3.8, 4) is 17.2 Å². The molecule has 10 nitrogen and oxygen atoms in total. The molecular formula is C26H25ClF3N7O3. The van der Waals surface area contributed by atoms with E-state index in [0.717, 1.165) is 6.54 Å². The van der Waals surface area contributed by atoms with Crippen LogP contribution in [0.3, 0.4) is 0 Å². The number of anilines is 3. The lowest BCUT2D eigenvalue weighted by Crippen LogP contribution is -2.23. The fourth-order valence-corrected chi connectivity index (χ4v) is 4.76. The van der Waals surface area contributed by atoms with E-state index >= 15 is 0 Å². The number of nitrogens with one attached hydrogen (secondary N) is 2. The van der Waals surface area contributed by atoms with E-state index < -0.39 is 11.7 Å². The Morgan fingerprint density at radius 1 is 1.18 bits per heavy atom. The highest BCUT2D eigenvalue weighted by Gasteiger charge is 2.39. The van der Waals surface area contributed by atoms with Crippen molar-refractivity contribution in [2.45, 2.75) is 25.6 Å². The Labute approximate surface area is 232 Å². The molecule has 0 saturated carbocycles. The van der Waals surface area contributed by atoms with Crippen LogP contribution in [0.4, 0.5) is 30.6 Å². The molecular weight excluding hydrogens is 551 g/mol. The predicted molar refractivity (Wildman–Crippen MR) is 143 cm³/mol. The summed E-state index contributed by atoms with van der Waals surface area (Å²) in [7, 11) is 3.49. The highest BCUT2D eigenvalue weighted by atomic mass is 35.5. The van der Waals surface area contributed by atoms with Crippen LogP contribution in [-0.4, -0.2) is 56.6 Å². The highest BCUT2D eigenvalue weighted by molar-refractivity contribution is 6.36. The number of aromatic nitrogens is 4. The second kappa shape index (κ2) is 10.8. The molecule has 4 heterocycles. The standard InChI is InChI=1S/C26H25ClF3N7O3/c1-14(38)33-20-11-15(7-9-31-20)39-19-12-32-24-23(22(19)27)37(3)25(35-24)34-17-5-4-6-18(21(17)26(28,29)30)40-16-8-10-36(2)13-16/h4-7,9,11-12,16H,8,10,13H2,1-3H3,(H,31,33,38)(H,32,34,35). The number of aryl methyl sites for hydroxylation is 1. The summed E-state index contributed by atoms with van der Waals surface area (Å²) in [5.74, 6) is 0.339. The van der Waals surface area contributed by atoms with E-state index in [4.69, 9.17) is 21.1 Å². The van der Waals surface area contributed by atoms with Crippen LogP contribution in [0.2, 0.25) is 5.02 Å². The monoisotopic (exact) mass is 575 g/mol. The molecule has 2 N–H and O–H groups in total. The van der Waals surface area contributed by atoms with Gasteiger partial charge in [-0.1, -0.05) is 17.7 Å². The number of hydrogen-bond acceptors (Lipinski definition) is 8. The average Bonchev–Trinajstić information content (AvgIpc) is 3.42. The molecule has 1 amide bonds. The number of rotatable bonds is 7. The molecule has 0 bridgehead atoms. The zero-order chi connectivity index (χ0) is 28.6. The Balaban J connectivity index is 1.46. The smallest absolute Gasteiger partial charge is 0.421 e. The molecule has 210 valence electrons. The summed E-state index contributed by atoms with van der Waals surface area (Å²) >= 11 is 6.63. The zero-order valence-corrected chi connectivity index (χ0v) is 22.5. The first kappa shape index (κ1) is 27.5. The average molecular weight is 576 g/mol. The summed E-state index contributed by atoms with van der Waals surface area (Å²) in [4.78, 5) is 26.0. The van der Waals surface area contributed by atoms with Crippen LogP contribution in [-0.2, 0) is 18.0 Å². The van der Waals surface area contributed by atoms with Crippen molar-refractivity contribution in [1.29, 1.82) is 0 Å². The fourth-order valence-electron chi connectivity index (χ4n) is 4.46. The maximum atomic E-state index is 14.3. The van der Waals surface area contributed by atoms with Gasteiger partial charge in [0.25, 0.3) is 0 Å². The van der Waals surface area contributed by atoms with E-state index in [1.165, 1.54) is 48.1 Å². The molecule has 1 aliphatic heterocycles.